The van der Waals surface area contributed by atoms with E-state index in [4.69, 9.17) is 4.74 Å². The number of ether oxygens (including phenoxy) is 1. The predicted molar refractivity (Wildman–Crippen MR) is 110 cm³/mol. The topological polar surface area (TPSA) is 86.1 Å². The molecular weight excluding hydrogens is 368 g/mol. The molecule has 7 nitrogen and oxygen atoms in total. The molecule has 4 rings (SSSR count). The molecule has 1 N–H and O–H groups in total. The number of carbonyl (C=O) groups excluding carboxylic acids is 1. The molecule has 0 atom stereocenters. The summed E-state index contributed by atoms with van der Waals surface area (Å²) < 4.78 is 7.39. The van der Waals surface area contributed by atoms with Crippen molar-refractivity contribution in [1.82, 2.24) is 19.9 Å². The molecule has 0 spiro atoms. The summed E-state index contributed by atoms with van der Waals surface area (Å²) in [5, 5.41) is 3.66. The molecule has 1 aliphatic carbocycles. The van der Waals surface area contributed by atoms with E-state index in [1.54, 1.807) is 12.3 Å². The molecule has 3 aromatic rings. The Bertz CT molecular complexity index is 1030. The molecule has 1 fully saturated rings. The van der Waals surface area contributed by atoms with Crippen molar-refractivity contribution in [2.75, 3.05) is 0 Å². The van der Waals surface area contributed by atoms with Gasteiger partial charge in [-0.25, -0.2) is 9.97 Å². The van der Waals surface area contributed by atoms with Gasteiger partial charge in [-0.3, -0.25) is 14.2 Å². The maximum atomic E-state index is 12.5. The van der Waals surface area contributed by atoms with E-state index in [2.05, 4.69) is 15.3 Å². The van der Waals surface area contributed by atoms with Gasteiger partial charge >= 0.3 is 0 Å². The molecule has 0 saturated heterocycles. The zero-order chi connectivity index (χ0) is 20.1. The van der Waals surface area contributed by atoms with Crippen molar-refractivity contribution in [3.8, 4) is 5.88 Å². The number of hydrogen-bond acceptors (Lipinski definition) is 5. The number of rotatable bonds is 6. The van der Waals surface area contributed by atoms with Gasteiger partial charge in [0.15, 0.2) is 0 Å². The third kappa shape index (κ3) is 4.80. The lowest BCUT2D eigenvalue weighted by Gasteiger charge is -2.29. The lowest BCUT2D eigenvalue weighted by atomic mass is 9.93. The molecule has 2 heterocycles. The monoisotopic (exact) mass is 392 g/mol. The first-order chi connectivity index (χ1) is 14.2. The zero-order valence-corrected chi connectivity index (χ0v) is 16.2. The molecule has 0 aliphatic heterocycles. The summed E-state index contributed by atoms with van der Waals surface area (Å²) in [5.41, 5.74) is 0.554. The molecule has 1 amide bonds. The highest BCUT2D eigenvalue weighted by Crippen LogP contribution is 2.22. The average Bonchev–Trinajstić information content (AvgIpc) is 2.76. The Balaban J connectivity index is 1.25. The highest BCUT2D eigenvalue weighted by molar-refractivity contribution is 5.77. The van der Waals surface area contributed by atoms with Crippen LogP contribution in [0.25, 0.3) is 10.9 Å². The molecule has 150 valence electrons. The van der Waals surface area contributed by atoms with Gasteiger partial charge in [-0.05, 0) is 43.9 Å². The van der Waals surface area contributed by atoms with Gasteiger partial charge in [0.1, 0.15) is 6.10 Å². The van der Waals surface area contributed by atoms with E-state index in [0.717, 1.165) is 25.7 Å². The second kappa shape index (κ2) is 8.86. The number of carbonyl (C=O) groups is 1. The summed E-state index contributed by atoms with van der Waals surface area (Å²) >= 11 is 0. The number of nitrogens with one attached hydrogen (secondary N) is 1. The summed E-state index contributed by atoms with van der Waals surface area (Å²) in [4.78, 5) is 33.3. The Morgan fingerprint density at radius 3 is 2.66 bits per heavy atom. The molecule has 1 aliphatic rings. The van der Waals surface area contributed by atoms with E-state index in [9.17, 15) is 9.59 Å². The second-order valence-electron chi connectivity index (χ2n) is 7.34. The molecular formula is C22H24N4O3. The number of para-hydroxylation sites is 1. The largest absolute Gasteiger partial charge is 0.474 e. The fourth-order valence-corrected chi connectivity index (χ4v) is 3.70. The number of aromatic nitrogens is 3. The molecule has 2 aromatic heterocycles. The first-order valence-electron chi connectivity index (χ1n) is 10.0. The lowest BCUT2D eigenvalue weighted by Crippen LogP contribution is -2.40. The summed E-state index contributed by atoms with van der Waals surface area (Å²) in [5.74, 6) is 0.605. The van der Waals surface area contributed by atoms with Crippen LogP contribution in [0.1, 0.15) is 32.1 Å². The highest BCUT2D eigenvalue weighted by atomic mass is 16.5. The minimum atomic E-state index is -0.115. The van der Waals surface area contributed by atoms with Gasteiger partial charge in [0.2, 0.25) is 11.8 Å². The number of pyridine rings is 1. The van der Waals surface area contributed by atoms with E-state index in [1.165, 1.54) is 10.9 Å². The van der Waals surface area contributed by atoms with E-state index in [0.29, 0.717) is 23.3 Å². The van der Waals surface area contributed by atoms with Gasteiger partial charge in [0.05, 0.1) is 17.2 Å². The Kier molecular flexibility index (Phi) is 5.84. The quantitative estimate of drug-likeness (QED) is 0.697. The fourth-order valence-electron chi connectivity index (χ4n) is 3.70. The van der Waals surface area contributed by atoms with Gasteiger partial charge in [-0.1, -0.05) is 18.2 Å². The normalized spacial score (nSPS) is 19.0. The van der Waals surface area contributed by atoms with Crippen LogP contribution in [0.2, 0.25) is 0 Å². The molecule has 1 saturated carbocycles. The first-order valence-corrected chi connectivity index (χ1v) is 10.0. The predicted octanol–water partition coefficient (Wildman–Crippen LogP) is 2.69. The Hall–Kier alpha value is -3.22. The van der Waals surface area contributed by atoms with Crippen molar-refractivity contribution in [3.63, 3.8) is 0 Å². The van der Waals surface area contributed by atoms with E-state index in [-0.39, 0.29) is 30.0 Å². The van der Waals surface area contributed by atoms with Gasteiger partial charge in [0.25, 0.3) is 5.56 Å². The van der Waals surface area contributed by atoms with Crippen molar-refractivity contribution >= 4 is 16.8 Å². The number of nitrogens with zero attached hydrogens (tertiary/aromatic N) is 3. The molecule has 7 heteroatoms. The van der Waals surface area contributed by atoms with Gasteiger partial charge < -0.3 is 10.1 Å². The fraction of sp³-hybridized carbons (Fsp3) is 0.364. The number of hydrogen-bond donors (Lipinski definition) is 1. The lowest BCUT2D eigenvalue weighted by molar-refractivity contribution is -0.122. The Morgan fingerprint density at radius 1 is 1.07 bits per heavy atom. The number of aryl methyl sites for hydroxylation is 1. The van der Waals surface area contributed by atoms with E-state index >= 15 is 0 Å². The standard InChI is InChI=1S/C22H24N4O3/c27-20(12-14-26-15-24-19-6-2-1-5-18(19)22(26)28)25-16-8-10-17(11-9-16)29-21-7-3-4-13-23-21/h1-7,13,15-17H,8-12,14H2,(H,25,27). The van der Waals surface area contributed by atoms with Crippen LogP contribution < -0.4 is 15.6 Å². The van der Waals surface area contributed by atoms with Crippen LogP contribution in [0.15, 0.2) is 59.8 Å². The van der Waals surface area contributed by atoms with Crippen LogP contribution in [0.3, 0.4) is 0 Å². The third-order valence-corrected chi connectivity index (χ3v) is 5.28. The Morgan fingerprint density at radius 2 is 1.86 bits per heavy atom. The minimum absolute atomic E-state index is 0.0425. The van der Waals surface area contributed by atoms with Crippen LogP contribution in [0.4, 0.5) is 0 Å². The summed E-state index contributed by atoms with van der Waals surface area (Å²) in [6.45, 7) is 0.320. The van der Waals surface area contributed by atoms with Crippen LogP contribution in [0, 0.1) is 0 Å². The maximum Gasteiger partial charge on any atom is 0.261 e. The van der Waals surface area contributed by atoms with Crippen molar-refractivity contribution in [1.29, 1.82) is 0 Å². The van der Waals surface area contributed by atoms with Crippen molar-refractivity contribution in [3.05, 3.63) is 65.3 Å². The summed E-state index contributed by atoms with van der Waals surface area (Å²) in [6, 6.07) is 13.0. The SMILES string of the molecule is O=C(CCn1cnc2ccccc2c1=O)NC1CCC(Oc2ccccn2)CC1. The summed E-state index contributed by atoms with van der Waals surface area (Å²) in [7, 11) is 0. The van der Waals surface area contributed by atoms with Crippen molar-refractivity contribution in [2.24, 2.45) is 0 Å². The molecule has 1 aromatic carbocycles. The van der Waals surface area contributed by atoms with E-state index in [1.807, 2.05) is 36.4 Å². The van der Waals surface area contributed by atoms with Crippen molar-refractivity contribution < 1.29 is 9.53 Å². The Labute approximate surface area is 168 Å². The van der Waals surface area contributed by atoms with Crippen LogP contribution in [-0.2, 0) is 11.3 Å². The minimum Gasteiger partial charge on any atom is -0.474 e. The van der Waals surface area contributed by atoms with Crippen LogP contribution >= 0.6 is 0 Å². The smallest absolute Gasteiger partial charge is 0.261 e. The number of fused-ring (bicyclic) bond motifs is 1. The molecule has 29 heavy (non-hydrogen) atoms. The van der Waals surface area contributed by atoms with Crippen molar-refractivity contribution in [2.45, 2.75) is 50.8 Å². The van der Waals surface area contributed by atoms with Crippen LogP contribution in [0.5, 0.6) is 5.88 Å². The first kappa shape index (κ1) is 19.1. The second-order valence-corrected chi connectivity index (χ2v) is 7.34. The average molecular weight is 392 g/mol. The highest BCUT2D eigenvalue weighted by Gasteiger charge is 2.23. The van der Waals surface area contributed by atoms with Gasteiger partial charge in [-0.15, -0.1) is 0 Å². The van der Waals surface area contributed by atoms with Gasteiger partial charge in [0, 0.05) is 31.3 Å². The number of benzene rings is 1. The third-order valence-electron chi connectivity index (χ3n) is 5.28. The number of amides is 1. The maximum absolute atomic E-state index is 12.5. The van der Waals surface area contributed by atoms with Crippen LogP contribution in [-0.4, -0.2) is 32.6 Å². The molecule has 0 bridgehead atoms. The van der Waals surface area contributed by atoms with E-state index < -0.39 is 0 Å². The molecule has 0 unspecified atom stereocenters. The van der Waals surface area contributed by atoms with Gasteiger partial charge in [-0.2, -0.15) is 0 Å². The molecule has 0 radical (unpaired) electrons. The summed E-state index contributed by atoms with van der Waals surface area (Å²) in [6.07, 6.45) is 7.15. The zero-order valence-electron chi connectivity index (χ0n) is 16.2.